The molecular formula is C31H42O11. The largest absolute Gasteiger partial charge is 0.465 e. The fourth-order valence-electron chi connectivity index (χ4n) is 7.35. The van der Waals surface area contributed by atoms with Crippen LogP contribution in [0.3, 0.4) is 0 Å². The van der Waals surface area contributed by atoms with Crippen molar-refractivity contribution in [3.63, 3.8) is 0 Å². The van der Waals surface area contributed by atoms with E-state index in [9.17, 15) is 24.6 Å². The van der Waals surface area contributed by atoms with Crippen molar-refractivity contribution in [2.75, 3.05) is 19.8 Å². The second-order valence-electron chi connectivity index (χ2n) is 12.8. The molecule has 2 aliphatic carbocycles. The van der Waals surface area contributed by atoms with Gasteiger partial charge in [0.25, 0.3) is 0 Å². The van der Waals surface area contributed by atoms with E-state index in [4.69, 9.17) is 28.4 Å². The van der Waals surface area contributed by atoms with E-state index in [0.29, 0.717) is 19.4 Å². The lowest BCUT2D eigenvalue weighted by Crippen LogP contribution is -2.66. The first kappa shape index (κ1) is 30.9. The molecule has 11 heteroatoms. The maximum absolute atomic E-state index is 13.2. The van der Waals surface area contributed by atoms with E-state index in [2.05, 4.69) is 13.0 Å². The summed E-state index contributed by atoms with van der Waals surface area (Å²) in [6.45, 7) is 8.37. The van der Waals surface area contributed by atoms with Gasteiger partial charge in [-0.3, -0.25) is 9.59 Å². The van der Waals surface area contributed by atoms with Gasteiger partial charge >= 0.3 is 17.9 Å². The maximum Gasteiger partial charge on any atom is 0.331 e. The number of cyclic esters (lactones) is 1. The van der Waals surface area contributed by atoms with Gasteiger partial charge in [0.1, 0.15) is 42.2 Å². The molecule has 3 heterocycles. The fraction of sp³-hybridized carbons (Fsp3) is 0.710. The summed E-state index contributed by atoms with van der Waals surface area (Å²) in [5.74, 6) is -1.76. The minimum Gasteiger partial charge on any atom is -0.465 e. The van der Waals surface area contributed by atoms with Crippen molar-refractivity contribution in [2.24, 2.45) is 10.8 Å². The van der Waals surface area contributed by atoms with Crippen LogP contribution in [0.15, 0.2) is 36.0 Å². The Kier molecular flexibility index (Phi) is 8.21. The predicted octanol–water partition coefficient (Wildman–Crippen LogP) is 2.08. The first-order valence-corrected chi connectivity index (χ1v) is 14.6. The Hall–Kier alpha value is -2.57. The lowest BCUT2D eigenvalue weighted by molar-refractivity contribution is -0.234. The molecule has 2 spiro atoms. The molecule has 5 rings (SSSR count). The summed E-state index contributed by atoms with van der Waals surface area (Å²) in [5, 5.41) is 21.8. The molecule has 2 saturated heterocycles. The lowest BCUT2D eigenvalue weighted by Gasteiger charge is -2.58. The summed E-state index contributed by atoms with van der Waals surface area (Å²) in [6.07, 6.45) is 5.09. The van der Waals surface area contributed by atoms with E-state index in [1.807, 2.05) is 6.92 Å². The Balaban J connectivity index is 1.49. The van der Waals surface area contributed by atoms with Crippen LogP contribution in [0.4, 0.5) is 0 Å². The zero-order valence-corrected chi connectivity index (χ0v) is 24.9. The molecule has 0 aromatic carbocycles. The zero-order valence-electron chi connectivity index (χ0n) is 24.9. The minimum atomic E-state index is -1.87. The number of esters is 3. The number of aliphatic hydroxyl groups is 2. The van der Waals surface area contributed by atoms with Crippen LogP contribution < -0.4 is 0 Å². The Morgan fingerprint density at radius 2 is 1.90 bits per heavy atom. The van der Waals surface area contributed by atoms with Crippen molar-refractivity contribution in [1.29, 1.82) is 0 Å². The van der Waals surface area contributed by atoms with Crippen LogP contribution in [0, 0.1) is 10.8 Å². The third-order valence-corrected chi connectivity index (χ3v) is 10.1. The average Bonchev–Trinajstić information content (AvgIpc) is 3.68. The minimum absolute atomic E-state index is 0.0358. The van der Waals surface area contributed by atoms with E-state index in [-0.39, 0.29) is 25.4 Å². The van der Waals surface area contributed by atoms with Crippen molar-refractivity contribution in [3.8, 4) is 0 Å². The van der Waals surface area contributed by atoms with Gasteiger partial charge in [0, 0.05) is 24.8 Å². The normalized spacial score (nSPS) is 46.2. The van der Waals surface area contributed by atoms with Crippen molar-refractivity contribution < 1.29 is 53.0 Å². The number of carbonyl (C=O) groups excluding carboxylic acids is 3. The molecule has 3 fully saturated rings. The molecule has 232 valence electrons. The van der Waals surface area contributed by atoms with E-state index >= 15 is 0 Å². The Morgan fingerprint density at radius 3 is 2.60 bits per heavy atom. The Labute approximate surface area is 245 Å². The number of carbonyl (C=O) groups is 3. The van der Waals surface area contributed by atoms with Crippen molar-refractivity contribution in [2.45, 2.75) is 108 Å². The molecule has 5 aliphatic rings. The third-order valence-electron chi connectivity index (χ3n) is 10.1. The lowest BCUT2D eigenvalue weighted by atomic mass is 9.51. The Bertz CT molecular complexity index is 1180. The van der Waals surface area contributed by atoms with Crippen LogP contribution in [0.1, 0.15) is 60.3 Å². The molecule has 3 aliphatic heterocycles. The van der Waals surface area contributed by atoms with Crippen LogP contribution in [-0.4, -0.2) is 95.8 Å². The topological polar surface area (TPSA) is 150 Å². The molecule has 42 heavy (non-hydrogen) atoms. The summed E-state index contributed by atoms with van der Waals surface area (Å²) in [6, 6.07) is 0. The molecule has 10 unspecified atom stereocenters. The van der Waals surface area contributed by atoms with Crippen molar-refractivity contribution >= 4 is 17.9 Å². The molecule has 0 aromatic heterocycles. The zero-order chi connectivity index (χ0) is 30.5. The average molecular weight is 591 g/mol. The molecule has 0 amide bonds. The van der Waals surface area contributed by atoms with Gasteiger partial charge in [0.15, 0.2) is 0 Å². The molecule has 0 radical (unpaired) electrons. The van der Waals surface area contributed by atoms with Gasteiger partial charge in [-0.2, -0.15) is 0 Å². The number of aliphatic hydroxyl groups excluding tert-OH is 1. The quantitative estimate of drug-likeness (QED) is 0.211. The van der Waals surface area contributed by atoms with E-state index in [1.165, 1.54) is 31.6 Å². The maximum atomic E-state index is 13.2. The summed E-state index contributed by atoms with van der Waals surface area (Å²) < 4.78 is 35.7. The monoisotopic (exact) mass is 590 g/mol. The summed E-state index contributed by atoms with van der Waals surface area (Å²) in [5.41, 5.74) is -2.84. The number of hydrogen-bond acceptors (Lipinski definition) is 11. The van der Waals surface area contributed by atoms with Gasteiger partial charge in [-0.25, -0.2) is 4.79 Å². The number of epoxide rings is 1. The smallest absolute Gasteiger partial charge is 0.331 e. The van der Waals surface area contributed by atoms with E-state index in [0.717, 1.165) is 6.42 Å². The molecule has 10 atom stereocenters. The molecule has 2 bridgehead atoms. The number of allylic oxidation sites excluding steroid dienone is 3. The molecule has 1 saturated carbocycles. The molecule has 2 N–H and O–H groups in total. The summed E-state index contributed by atoms with van der Waals surface area (Å²) in [4.78, 5) is 37.8. The van der Waals surface area contributed by atoms with Gasteiger partial charge in [0.2, 0.25) is 0 Å². The Morgan fingerprint density at radius 1 is 1.17 bits per heavy atom. The molecule has 0 aromatic rings. The van der Waals surface area contributed by atoms with Crippen molar-refractivity contribution in [3.05, 3.63) is 36.0 Å². The number of ether oxygens (including phenoxy) is 6. The van der Waals surface area contributed by atoms with Crippen LogP contribution >= 0.6 is 0 Å². The van der Waals surface area contributed by atoms with Gasteiger partial charge in [-0.1, -0.05) is 36.8 Å². The second kappa shape index (κ2) is 11.2. The second-order valence-corrected chi connectivity index (χ2v) is 12.8. The highest BCUT2D eigenvalue weighted by atomic mass is 16.6. The van der Waals surface area contributed by atoms with Gasteiger partial charge in [0.05, 0.1) is 37.3 Å². The van der Waals surface area contributed by atoms with Crippen LogP contribution in [0.2, 0.25) is 0 Å². The van der Waals surface area contributed by atoms with Gasteiger partial charge in [-0.15, -0.1) is 0 Å². The highest BCUT2D eigenvalue weighted by molar-refractivity contribution is 5.82. The number of rotatable bonds is 2. The van der Waals surface area contributed by atoms with E-state index < -0.39 is 70.8 Å². The van der Waals surface area contributed by atoms with Crippen LogP contribution in [-0.2, 0) is 42.8 Å². The standard InChI is InChI=1S/C31H42O11/c1-18-10-11-30-16-38-27(35)14-28(4,36)22(33)15-37-21(19(2)40-20(3)32)8-6-7-9-26(34)42-23-13-25(41-24(30)12-18)31(17-39-31)29(23,30)5/h6-9,12,19,21-25,33,36H,10-11,13-17H2,1-5H3/b8-6+,9-7+. The van der Waals surface area contributed by atoms with Crippen molar-refractivity contribution in [1.82, 2.24) is 0 Å². The van der Waals surface area contributed by atoms with Gasteiger partial charge < -0.3 is 38.6 Å². The van der Waals surface area contributed by atoms with Crippen LogP contribution in [0.5, 0.6) is 0 Å². The first-order chi connectivity index (χ1) is 19.7. The van der Waals surface area contributed by atoms with Crippen LogP contribution in [0.25, 0.3) is 0 Å². The summed E-state index contributed by atoms with van der Waals surface area (Å²) >= 11 is 0. The highest BCUT2D eigenvalue weighted by Gasteiger charge is 2.83. The van der Waals surface area contributed by atoms with Gasteiger partial charge in [-0.05, 0) is 33.6 Å². The first-order valence-electron chi connectivity index (χ1n) is 14.6. The summed E-state index contributed by atoms with van der Waals surface area (Å²) in [7, 11) is 0. The molecular weight excluding hydrogens is 548 g/mol. The molecule has 11 nitrogen and oxygen atoms in total. The highest BCUT2D eigenvalue weighted by Crippen LogP contribution is 2.72. The number of hydrogen-bond donors (Lipinski definition) is 2. The third kappa shape index (κ3) is 5.23. The SMILES string of the molecule is CC(=O)OC(C)C1/C=C/C=C/C(=O)OC2CC3OC4C=C(C)CCC4(COC(=O)CC(C)(O)C(O)CO1)C2(C)C31CO1. The van der Waals surface area contributed by atoms with E-state index in [1.54, 1.807) is 19.1 Å². The predicted molar refractivity (Wildman–Crippen MR) is 147 cm³/mol. The fourth-order valence-corrected chi connectivity index (χ4v) is 7.35.